The molecule has 20 heavy (non-hydrogen) atoms. The highest BCUT2D eigenvalue weighted by Crippen LogP contribution is 2.28. The zero-order chi connectivity index (χ0) is 14.1. The van der Waals surface area contributed by atoms with Gasteiger partial charge < -0.3 is 10.1 Å². The molecule has 0 bridgehead atoms. The molecule has 0 aliphatic heterocycles. The van der Waals surface area contributed by atoms with Gasteiger partial charge in [0.2, 0.25) is 0 Å². The first-order chi connectivity index (χ1) is 9.65. The molecule has 1 heterocycles. The highest BCUT2D eigenvalue weighted by Gasteiger charge is 2.07. The van der Waals surface area contributed by atoms with E-state index in [1.54, 1.807) is 24.4 Å². The van der Waals surface area contributed by atoms with Crippen LogP contribution in [0.1, 0.15) is 5.56 Å². The minimum Gasteiger partial charge on any atom is -0.494 e. The summed E-state index contributed by atoms with van der Waals surface area (Å²) in [4.78, 5) is 7.21. The number of rotatable bonds is 2. The quantitative estimate of drug-likeness (QED) is 0.648. The molecule has 1 aromatic heterocycles. The highest BCUT2D eigenvalue weighted by molar-refractivity contribution is 6.42. The van der Waals surface area contributed by atoms with E-state index < -0.39 is 0 Å². The number of H-pyrrole nitrogens is 1. The van der Waals surface area contributed by atoms with Gasteiger partial charge in [-0.1, -0.05) is 41.4 Å². The number of halogens is 2. The van der Waals surface area contributed by atoms with Crippen molar-refractivity contribution in [2.75, 3.05) is 0 Å². The van der Waals surface area contributed by atoms with E-state index in [1.807, 2.05) is 24.3 Å². The van der Waals surface area contributed by atoms with Gasteiger partial charge in [0.15, 0.2) is 5.88 Å². The molecule has 0 unspecified atom stereocenters. The van der Waals surface area contributed by atoms with Crippen molar-refractivity contribution in [2.45, 2.75) is 0 Å². The average Bonchev–Trinajstić information content (AvgIpc) is 2.76. The smallest absolute Gasteiger partial charge is 0.198 e. The fourth-order valence-electron chi connectivity index (χ4n) is 1.98. The number of aromatic hydroxyl groups is 1. The fraction of sp³-hybridized carbons (Fsp3) is 0. The van der Waals surface area contributed by atoms with Crippen LogP contribution in [0, 0.1) is 0 Å². The normalized spacial score (nSPS) is 11.5. The Labute approximate surface area is 125 Å². The van der Waals surface area contributed by atoms with E-state index in [0.29, 0.717) is 21.3 Å². The standard InChI is InChI=1S/C15H10Cl2N2O/c16-12-6-5-9(7-13(12)17)18-8-11-10-3-1-2-4-14(10)19-15(11)20/h1-8,19-20H. The molecule has 2 aromatic carbocycles. The first kappa shape index (κ1) is 13.0. The number of nitrogens with zero attached hydrogens (tertiary/aromatic N) is 1. The van der Waals surface area contributed by atoms with Crippen molar-refractivity contribution in [3.63, 3.8) is 0 Å². The lowest BCUT2D eigenvalue weighted by Crippen LogP contribution is -1.79. The zero-order valence-electron chi connectivity index (χ0n) is 10.3. The van der Waals surface area contributed by atoms with Crippen molar-refractivity contribution in [2.24, 2.45) is 4.99 Å². The van der Waals surface area contributed by atoms with Crippen LogP contribution in [-0.2, 0) is 0 Å². The third-order valence-electron chi connectivity index (χ3n) is 2.97. The summed E-state index contributed by atoms with van der Waals surface area (Å²) in [6.07, 6.45) is 1.60. The Morgan fingerprint density at radius 2 is 1.85 bits per heavy atom. The maximum atomic E-state index is 9.92. The van der Waals surface area contributed by atoms with Crippen molar-refractivity contribution in [3.05, 3.63) is 58.1 Å². The van der Waals surface area contributed by atoms with Crippen LogP contribution >= 0.6 is 23.2 Å². The third-order valence-corrected chi connectivity index (χ3v) is 3.71. The van der Waals surface area contributed by atoms with Crippen molar-refractivity contribution in [3.8, 4) is 5.88 Å². The lowest BCUT2D eigenvalue weighted by Gasteiger charge is -1.97. The SMILES string of the molecule is Oc1[nH]c2ccccc2c1C=Nc1ccc(Cl)c(Cl)c1. The highest BCUT2D eigenvalue weighted by atomic mass is 35.5. The van der Waals surface area contributed by atoms with Crippen LogP contribution in [0.15, 0.2) is 47.5 Å². The maximum absolute atomic E-state index is 9.92. The van der Waals surface area contributed by atoms with Gasteiger partial charge in [-0.05, 0) is 24.3 Å². The van der Waals surface area contributed by atoms with Gasteiger partial charge in [-0.15, -0.1) is 0 Å². The number of nitrogens with one attached hydrogen (secondary N) is 1. The van der Waals surface area contributed by atoms with Gasteiger partial charge in [-0.25, -0.2) is 0 Å². The molecule has 0 radical (unpaired) electrons. The topological polar surface area (TPSA) is 48.4 Å². The van der Waals surface area contributed by atoms with Gasteiger partial charge in [-0.2, -0.15) is 0 Å². The first-order valence-electron chi connectivity index (χ1n) is 5.94. The summed E-state index contributed by atoms with van der Waals surface area (Å²) >= 11 is 11.8. The second-order valence-electron chi connectivity index (χ2n) is 4.29. The summed E-state index contributed by atoms with van der Waals surface area (Å²) in [5.41, 5.74) is 2.18. The lowest BCUT2D eigenvalue weighted by molar-refractivity contribution is 0.457. The molecule has 100 valence electrons. The Hall–Kier alpha value is -1.97. The molecule has 0 amide bonds. The predicted octanol–water partition coefficient (Wildman–Crippen LogP) is 4.93. The van der Waals surface area contributed by atoms with Gasteiger partial charge in [0.25, 0.3) is 0 Å². The molecule has 2 N–H and O–H groups in total. The molecule has 0 fully saturated rings. The largest absolute Gasteiger partial charge is 0.494 e. The molecule has 0 atom stereocenters. The maximum Gasteiger partial charge on any atom is 0.198 e. The van der Waals surface area contributed by atoms with E-state index in [9.17, 15) is 5.11 Å². The molecule has 0 aliphatic rings. The van der Waals surface area contributed by atoms with Crippen molar-refractivity contribution >= 4 is 46.0 Å². The van der Waals surface area contributed by atoms with Crippen LogP contribution in [0.25, 0.3) is 10.9 Å². The van der Waals surface area contributed by atoms with E-state index in [-0.39, 0.29) is 5.88 Å². The van der Waals surface area contributed by atoms with Crippen LogP contribution in [0.2, 0.25) is 10.0 Å². The van der Waals surface area contributed by atoms with Crippen molar-refractivity contribution < 1.29 is 5.11 Å². The molecule has 0 spiro atoms. The predicted molar refractivity (Wildman–Crippen MR) is 83.7 cm³/mol. The second kappa shape index (κ2) is 5.19. The van der Waals surface area contributed by atoms with E-state index in [1.165, 1.54) is 0 Å². The van der Waals surface area contributed by atoms with Crippen LogP contribution in [0.5, 0.6) is 5.88 Å². The number of aromatic nitrogens is 1. The van der Waals surface area contributed by atoms with Crippen LogP contribution in [0.3, 0.4) is 0 Å². The van der Waals surface area contributed by atoms with Gasteiger partial charge in [0.05, 0.1) is 21.3 Å². The minimum atomic E-state index is 0.0926. The van der Waals surface area contributed by atoms with Crippen molar-refractivity contribution in [1.82, 2.24) is 4.98 Å². The molecule has 5 heteroatoms. The van der Waals surface area contributed by atoms with Gasteiger partial charge in [0.1, 0.15) is 0 Å². The number of hydrogen-bond acceptors (Lipinski definition) is 2. The van der Waals surface area contributed by atoms with Crippen LogP contribution < -0.4 is 0 Å². The van der Waals surface area contributed by atoms with Gasteiger partial charge >= 0.3 is 0 Å². The van der Waals surface area contributed by atoms with Crippen molar-refractivity contribution in [1.29, 1.82) is 0 Å². The van der Waals surface area contributed by atoms with E-state index in [4.69, 9.17) is 23.2 Å². The van der Waals surface area contributed by atoms with E-state index in [0.717, 1.165) is 10.9 Å². The zero-order valence-corrected chi connectivity index (χ0v) is 11.8. The molecular weight excluding hydrogens is 295 g/mol. The summed E-state index contributed by atoms with van der Waals surface area (Å²) in [6, 6.07) is 12.7. The van der Waals surface area contributed by atoms with E-state index in [2.05, 4.69) is 9.98 Å². The average molecular weight is 305 g/mol. The molecule has 3 nitrogen and oxygen atoms in total. The second-order valence-corrected chi connectivity index (χ2v) is 5.10. The number of aliphatic imine (C=N–C) groups is 1. The summed E-state index contributed by atoms with van der Waals surface area (Å²) in [7, 11) is 0. The Morgan fingerprint density at radius 1 is 1.05 bits per heavy atom. The van der Waals surface area contributed by atoms with Gasteiger partial charge in [-0.3, -0.25) is 4.99 Å². The molecule has 3 aromatic rings. The fourth-order valence-corrected chi connectivity index (χ4v) is 2.28. The molecular formula is C15H10Cl2N2O. The summed E-state index contributed by atoms with van der Waals surface area (Å²) < 4.78 is 0. The third kappa shape index (κ3) is 2.38. The van der Waals surface area contributed by atoms with Crippen LogP contribution in [-0.4, -0.2) is 16.3 Å². The number of hydrogen-bond donors (Lipinski definition) is 2. The summed E-state index contributed by atoms with van der Waals surface area (Å²) in [6.45, 7) is 0. The Kier molecular flexibility index (Phi) is 3.38. The number of aromatic amines is 1. The molecule has 0 aliphatic carbocycles. The summed E-state index contributed by atoms with van der Waals surface area (Å²) in [5.74, 6) is 0.0926. The lowest BCUT2D eigenvalue weighted by atomic mass is 10.2. The van der Waals surface area contributed by atoms with E-state index >= 15 is 0 Å². The Bertz CT molecular complexity index is 809. The molecule has 0 saturated carbocycles. The van der Waals surface area contributed by atoms with Crippen LogP contribution in [0.4, 0.5) is 5.69 Å². The molecule has 3 rings (SSSR count). The van der Waals surface area contributed by atoms with Gasteiger partial charge in [0, 0.05) is 17.1 Å². The summed E-state index contributed by atoms with van der Waals surface area (Å²) in [5, 5.41) is 11.8. The Morgan fingerprint density at radius 3 is 2.65 bits per heavy atom. The number of benzene rings is 2. The number of fused-ring (bicyclic) bond motifs is 1. The number of para-hydroxylation sites is 1. The first-order valence-corrected chi connectivity index (χ1v) is 6.69. The minimum absolute atomic E-state index is 0.0926. The molecule has 0 saturated heterocycles. The monoisotopic (exact) mass is 304 g/mol. The Balaban J connectivity index is 2.02.